The largest absolute Gasteiger partial charge is 0.507 e. The first-order chi connectivity index (χ1) is 16.2. The maximum Gasteiger partial charge on any atom is 0.301 e. The fourth-order valence-electron chi connectivity index (χ4n) is 4.15. The Balaban J connectivity index is 1.89. The lowest BCUT2D eigenvalue weighted by atomic mass is 9.92. The third kappa shape index (κ3) is 4.23. The van der Waals surface area contributed by atoms with Crippen molar-refractivity contribution in [1.82, 2.24) is 10.2 Å². The molecule has 1 aromatic heterocycles. The van der Waals surface area contributed by atoms with Gasteiger partial charge < -0.3 is 5.11 Å². The van der Waals surface area contributed by atoms with Crippen LogP contribution in [-0.4, -0.2) is 27.0 Å². The molecule has 3 aromatic rings. The van der Waals surface area contributed by atoms with Crippen LogP contribution in [-0.2, 0) is 9.59 Å². The summed E-state index contributed by atoms with van der Waals surface area (Å²) in [7, 11) is 0. The number of rotatable bonds is 5. The van der Waals surface area contributed by atoms with Gasteiger partial charge in [0, 0.05) is 5.56 Å². The fourth-order valence-corrected chi connectivity index (χ4v) is 4.15. The number of aromatic nitrogens is 2. The molecule has 1 fully saturated rings. The Morgan fingerprint density at radius 2 is 1.38 bits per heavy atom. The highest BCUT2D eigenvalue weighted by Gasteiger charge is 2.47. The molecule has 1 atom stereocenters. The maximum absolute atomic E-state index is 13.2. The smallest absolute Gasteiger partial charge is 0.301 e. The van der Waals surface area contributed by atoms with Gasteiger partial charge in [0.1, 0.15) is 5.76 Å². The summed E-state index contributed by atoms with van der Waals surface area (Å²) in [4.78, 5) is 27.8. The van der Waals surface area contributed by atoms with E-state index in [1.54, 1.807) is 31.2 Å². The summed E-state index contributed by atoms with van der Waals surface area (Å²) in [6.45, 7) is 10.2. The summed E-state index contributed by atoms with van der Waals surface area (Å²) in [5, 5.41) is 19.5. The number of aryl methyl sites for hydroxylation is 1. The molecule has 1 unspecified atom stereocenters. The van der Waals surface area contributed by atoms with Gasteiger partial charge in [-0.25, -0.2) is 0 Å². The number of amides is 1. The Kier molecular flexibility index (Phi) is 6.33. The molecular formula is C28H29N3O3. The normalized spacial score (nSPS) is 17.7. The minimum absolute atomic E-state index is 0.0435. The minimum atomic E-state index is -0.817. The Labute approximate surface area is 200 Å². The lowest BCUT2D eigenvalue weighted by molar-refractivity contribution is -0.132. The Morgan fingerprint density at radius 1 is 0.824 bits per heavy atom. The van der Waals surface area contributed by atoms with Gasteiger partial charge in [-0.05, 0) is 47.6 Å². The third-order valence-electron chi connectivity index (χ3n) is 6.24. The number of ketones is 1. The van der Waals surface area contributed by atoms with E-state index in [1.807, 2.05) is 36.4 Å². The number of carbonyl (C=O) groups excluding carboxylic acids is 2. The van der Waals surface area contributed by atoms with Gasteiger partial charge in [0.2, 0.25) is 0 Å². The molecule has 1 saturated heterocycles. The SMILES string of the molecule is Cc1ccc(N2C(=O)C(=O)C(=C(O)c3ccc(C(C)C)cc3)C2c2ccc(C(C)C)cc2)nn1. The molecule has 2 aromatic carbocycles. The van der Waals surface area contributed by atoms with Crippen LogP contribution in [0.25, 0.3) is 5.76 Å². The van der Waals surface area contributed by atoms with Gasteiger partial charge >= 0.3 is 5.91 Å². The number of benzene rings is 2. The molecule has 2 heterocycles. The van der Waals surface area contributed by atoms with Crippen molar-refractivity contribution in [3.05, 3.63) is 94.2 Å². The van der Waals surface area contributed by atoms with E-state index in [1.165, 1.54) is 4.90 Å². The van der Waals surface area contributed by atoms with Crippen molar-refractivity contribution in [2.24, 2.45) is 0 Å². The molecule has 4 rings (SSSR count). The van der Waals surface area contributed by atoms with E-state index in [4.69, 9.17) is 0 Å². The van der Waals surface area contributed by atoms with E-state index in [2.05, 4.69) is 37.9 Å². The minimum Gasteiger partial charge on any atom is -0.507 e. The van der Waals surface area contributed by atoms with Crippen LogP contribution in [0.15, 0.2) is 66.2 Å². The Bertz CT molecular complexity index is 1240. The van der Waals surface area contributed by atoms with Crippen molar-refractivity contribution in [2.75, 3.05) is 4.90 Å². The zero-order valence-corrected chi connectivity index (χ0v) is 20.1. The average molecular weight is 456 g/mol. The molecule has 6 heteroatoms. The molecule has 0 saturated carbocycles. The van der Waals surface area contributed by atoms with Gasteiger partial charge in [0.05, 0.1) is 17.3 Å². The van der Waals surface area contributed by atoms with E-state index in [-0.39, 0.29) is 17.2 Å². The van der Waals surface area contributed by atoms with E-state index >= 15 is 0 Å². The molecule has 0 bridgehead atoms. The second kappa shape index (κ2) is 9.21. The van der Waals surface area contributed by atoms with Crippen LogP contribution in [0.2, 0.25) is 0 Å². The topological polar surface area (TPSA) is 83.4 Å². The number of Topliss-reactive ketones (excluding diaryl/α,β-unsaturated/α-hetero) is 1. The maximum atomic E-state index is 13.2. The Hall–Kier alpha value is -3.80. The summed E-state index contributed by atoms with van der Waals surface area (Å²) in [6.07, 6.45) is 0. The third-order valence-corrected chi connectivity index (χ3v) is 6.24. The predicted octanol–water partition coefficient (Wildman–Crippen LogP) is 5.66. The zero-order valence-electron chi connectivity index (χ0n) is 20.1. The van der Waals surface area contributed by atoms with Crippen molar-refractivity contribution in [1.29, 1.82) is 0 Å². The highest BCUT2D eigenvalue weighted by Crippen LogP contribution is 2.41. The van der Waals surface area contributed by atoms with Crippen molar-refractivity contribution in [3.63, 3.8) is 0 Å². The Morgan fingerprint density at radius 3 is 1.88 bits per heavy atom. The number of aliphatic hydroxyl groups is 1. The van der Waals surface area contributed by atoms with Crippen LogP contribution in [0.5, 0.6) is 0 Å². The highest BCUT2D eigenvalue weighted by molar-refractivity contribution is 6.51. The molecule has 1 amide bonds. The van der Waals surface area contributed by atoms with Gasteiger partial charge in [-0.15, -0.1) is 5.10 Å². The van der Waals surface area contributed by atoms with Gasteiger partial charge in [-0.3, -0.25) is 14.5 Å². The van der Waals surface area contributed by atoms with Crippen molar-refractivity contribution in [3.8, 4) is 0 Å². The van der Waals surface area contributed by atoms with E-state index in [0.717, 1.165) is 11.1 Å². The lowest BCUT2D eigenvalue weighted by Crippen LogP contribution is -2.30. The number of hydrogen-bond donors (Lipinski definition) is 1. The summed E-state index contributed by atoms with van der Waals surface area (Å²) >= 11 is 0. The molecular weight excluding hydrogens is 426 g/mol. The quantitative estimate of drug-likeness (QED) is 0.305. The number of anilines is 1. The summed E-state index contributed by atoms with van der Waals surface area (Å²) < 4.78 is 0. The zero-order chi connectivity index (χ0) is 24.6. The summed E-state index contributed by atoms with van der Waals surface area (Å²) in [5.41, 5.74) is 4.20. The lowest BCUT2D eigenvalue weighted by Gasteiger charge is -2.24. The first kappa shape index (κ1) is 23.4. The molecule has 174 valence electrons. The van der Waals surface area contributed by atoms with Crippen LogP contribution < -0.4 is 4.90 Å². The molecule has 1 aliphatic rings. The summed E-state index contributed by atoms with van der Waals surface area (Å²) in [6, 6.07) is 17.8. The molecule has 34 heavy (non-hydrogen) atoms. The summed E-state index contributed by atoms with van der Waals surface area (Å²) in [5.74, 6) is -0.750. The van der Waals surface area contributed by atoms with Gasteiger partial charge in [-0.1, -0.05) is 76.2 Å². The molecule has 1 aliphatic heterocycles. The monoisotopic (exact) mass is 455 g/mol. The number of hydrogen-bond acceptors (Lipinski definition) is 5. The number of nitrogens with zero attached hydrogens (tertiary/aromatic N) is 3. The standard InChI is InChI=1S/C28H29N3O3/c1-16(2)19-7-11-21(12-8-19)25-24(26(32)22-13-9-20(10-14-22)17(3)4)27(33)28(34)31(25)23-15-6-18(5)29-30-23/h6-17,25,32H,1-5H3. The number of aliphatic hydroxyl groups excluding tert-OH is 1. The van der Waals surface area contributed by atoms with Crippen LogP contribution >= 0.6 is 0 Å². The van der Waals surface area contributed by atoms with E-state index < -0.39 is 17.7 Å². The molecule has 6 nitrogen and oxygen atoms in total. The first-order valence-electron chi connectivity index (χ1n) is 11.5. The van der Waals surface area contributed by atoms with Crippen molar-refractivity contribution >= 4 is 23.3 Å². The van der Waals surface area contributed by atoms with Crippen LogP contribution in [0.1, 0.15) is 73.5 Å². The molecule has 0 spiro atoms. The molecule has 0 radical (unpaired) electrons. The van der Waals surface area contributed by atoms with Gasteiger partial charge in [0.25, 0.3) is 5.78 Å². The van der Waals surface area contributed by atoms with Crippen molar-refractivity contribution < 1.29 is 14.7 Å². The van der Waals surface area contributed by atoms with E-state index in [9.17, 15) is 14.7 Å². The van der Waals surface area contributed by atoms with E-state index in [0.29, 0.717) is 28.7 Å². The fraction of sp³-hybridized carbons (Fsp3) is 0.286. The van der Waals surface area contributed by atoms with Gasteiger partial charge in [-0.2, -0.15) is 5.10 Å². The second-order valence-electron chi connectivity index (χ2n) is 9.30. The molecule has 0 aliphatic carbocycles. The van der Waals surface area contributed by atoms with Crippen molar-refractivity contribution in [2.45, 2.75) is 52.5 Å². The van der Waals surface area contributed by atoms with Gasteiger partial charge in [0.15, 0.2) is 5.82 Å². The predicted molar refractivity (Wildman–Crippen MR) is 133 cm³/mol. The first-order valence-corrected chi connectivity index (χ1v) is 11.5. The molecule has 1 N–H and O–H groups in total. The van der Waals surface area contributed by atoms with Crippen LogP contribution in [0.3, 0.4) is 0 Å². The second-order valence-corrected chi connectivity index (χ2v) is 9.30. The van der Waals surface area contributed by atoms with Crippen LogP contribution in [0, 0.1) is 6.92 Å². The van der Waals surface area contributed by atoms with Crippen LogP contribution in [0.4, 0.5) is 5.82 Å². The highest BCUT2D eigenvalue weighted by atomic mass is 16.3. The average Bonchev–Trinajstić information content (AvgIpc) is 3.09. The number of carbonyl (C=O) groups is 2.